The maximum absolute atomic E-state index is 11.9. The van der Waals surface area contributed by atoms with Gasteiger partial charge in [-0.25, -0.2) is 0 Å². The summed E-state index contributed by atoms with van der Waals surface area (Å²) in [5, 5.41) is 15.4. The zero-order valence-electron chi connectivity index (χ0n) is 11.3. The number of carbonyl (C=O) groups excluding carboxylic acids is 1. The molecule has 0 radical (unpaired) electrons. The van der Waals surface area contributed by atoms with Gasteiger partial charge in [-0.05, 0) is 18.8 Å². The topological polar surface area (TPSA) is 102 Å². The number of amides is 1. The van der Waals surface area contributed by atoms with Gasteiger partial charge in [0, 0.05) is 19.7 Å². The molecule has 2 unspecified atom stereocenters. The van der Waals surface area contributed by atoms with Crippen LogP contribution in [0.5, 0.6) is 0 Å². The van der Waals surface area contributed by atoms with E-state index in [9.17, 15) is 9.59 Å². The number of methoxy groups -OCH3 is 1. The molecular weight excluding hydrogens is 264 g/mol. The molecule has 1 heterocycles. The number of carbonyl (C=O) groups is 2. The summed E-state index contributed by atoms with van der Waals surface area (Å²) in [5.74, 6) is -1.04. The Morgan fingerprint density at radius 1 is 1.55 bits per heavy atom. The third-order valence-electron chi connectivity index (χ3n) is 3.58. The van der Waals surface area contributed by atoms with Crippen LogP contribution >= 0.6 is 0 Å². The highest BCUT2D eigenvalue weighted by Crippen LogP contribution is 2.31. The van der Waals surface area contributed by atoms with E-state index in [1.165, 1.54) is 13.2 Å². The number of carboxylic acid groups (broad SMARTS) is 1. The van der Waals surface area contributed by atoms with Gasteiger partial charge >= 0.3 is 5.97 Å². The molecule has 7 heteroatoms. The third kappa shape index (κ3) is 3.36. The summed E-state index contributed by atoms with van der Waals surface area (Å²) in [6, 6.07) is 1.52. The minimum absolute atomic E-state index is 0.0122. The molecule has 0 bridgehead atoms. The lowest BCUT2D eigenvalue weighted by Gasteiger charge is -2.15. The van der Waals surface area contributed by atoms with Crippen molar-refractivity contribution in [3.63, 3.8) is 0 Å². The molecule has 1 amide bonds. The zero-order valence-corrected chi connectivity index (χ0v) is 11.3. The van der Waals surface area contributed by atoms with Gasteiger partial charge < -0.3 is 19.7 Å². The summed E-state index contributed by atoms with van der Waals surface area (Å²) >= 11 is 0. The lowest BCUT2D eigenvalue weighted by atomic mass is 9.96. The number of hydrogen-bond acceptors (Lipinski definition) is 5. The van der Waals surface area contributed by atoms with Crippen molar-refractivity contribution in [1.82, 2.24) is 10.5 Å². The molecule has 1 aromatic rings. The number of carboxylic acids is 1. The first-order chi connectivity index (χ1) is 9.61. The van der Waals surface area contributed by atoms with E-state index in [0.29, 0.717) is 18.7 Å². The minimum atomic E-state index is -0.787. The van der Waals surface area contributed by atoms with E-state index >= 15 is 0 Å². The minimum Gasteiger partial charge on any atom is -0.481 e. The lowest BCUT2D eigenvalue weighted by Crippen LogP contribution is -2.33. The van der Waals surface area contributed by atoms with Gasteiger partial charge in [-0.3, -0.25) is 9.59 Å². The fourth-order valence-corrected chi connectivity index (χ4v) is 2.55. The summed E-state index contributed by atoms with van der Waals surface area (Å²) in [4.78, 5) is 22.9. The van der Waals surface area contributed by atoms with Gasteiger partial charge in [0.05, 0.1) is 5.92 Å². The number of rotatable bonds is 6. The van der Waals surface area contributed by atoms with E-state index in [4.69, 9.17) is 14.4 Å². The highest BCUT2D eigenvalue weighted by molar-refractivity contribution is 5.92. The second-order valence-corrected chi connectivity index (χ2v) is 4.96. The highest BCUT2D eigenvalue weighted by Gasteiger charge is 2.33. The van der Waals surface area contributed by atoms with Gasteiger partial charge in [-0.1, -0.05) is 11.6 Å². The van der Waals surface area contributed by atoms with Crippen LogP contribution in [0.25, 0.3) is 0 Å². The van der Waals surface area contributed by atoms with Gasteiger partial charge in [-0.2, -0.15) is 0 Å². The van der Waals surface area contributed by atoms with Gasteiger partial charge in [0.1, 0.15) is 6.61 Å². The maximum atomic E-state index is 11.9. The van der Waals surface area contributed by atoms with Crippen molar-refractivity contribution in [3.8, 4) is 0 Å². The summed E-state index contributed by atoms with van der Waals surface area (Å²) in [5.41, 5.74) is 0.182. The van der Waals surface area contributed by atoms with Gasteiger partial charge in [0.2, 0.25) is 0 Å². The predicted molar refractivity (Wildman–Crippen MR) is 68.0 cm³/mol. The van der Waals surface area contributed by atoms with Crippen LogP contribution in [0.2, 0.25) is 0 Å². The van der Waals surface area contributed by atoms with E-state index in [0.717, 1.165) is 12.8 Å². The van der Waals surface area contributed by atoms with Crippen LogP contribution in [0, 0.1) is 11.8 Å². The molecule has 1 aliphatic carbocycles. The Morgan fingerprint density at radius 2 is 2.35 bits per heavy atom. The number of ether oxygens (including phenoxy) is 1. The van der Waals surface area contributed by atoms with Crippen LogP contribution in [0.15, 0.2) is 10.6 Å². The Kier molecular flexibility index (Phi) is 4.73. The first kappa shape index (κ1) is 14.5. The fraction of sp³-hybridized carbons (Fsp3) is 0.615. The fourth-order valence-electron chi connectivity index (χ4n) is 2.55. The standard InChI is InChI=1S/C13H18N2O5/c1-19-7-9-5-11(15-20-9)12(16)14-6-8-3-2-4-10(8)13(17)18/h5,8,10H,2-4,6-7H2,1H3,(H,14,16)(H,17,18). The smallest absolute Gasteiger partial charge is 0.306 e. The molecule has 20 heavy (non-hydrogen) atoms. The summed E-state index contributed by atoms with van der Waals surface area (Å²) in [7, 11) is 1.52. The van der Waals surface area contributed by atoms with E-state index in [2.05, 4.69) is 10.5 Å². The number of nitrogens with one attached hydrogen (secondary N) is 1. The Labute approximate surface area is 116 Å². The second kappa shape index (κ2) is 6.51. The SMILES string of the molecule is COCc1cc(C(=O)NCC2CCCC2C(=O)O)no1. The average molecular weight is 282 g/mol. The van der Waals surface area contributed by atoms with Crippen LogP contribution < -0.4 is 5.32 Å². The third-order valence-corrected chi connectivity index (χ3v) is 3.58. The molecule has 2 N–H and O–H groups in total. The number of aromatic nitrogens is 1. The molecule has 1 fully saturated rings. The van der Waals surface area contributed by atoms with E-state index in [1.807, 2.05) is 0 Å². The molecule has 1 saturated carbocycles. The highest BCUT2D eigenvalue weighted by atomic mass is 16.5. The van der Waals surface area contributed by atoms with Crippen LogP contribution in [0.3, 0.4) is 0 Å². The van der Waals surface area contributed by atoms with Crippen molar-refractivity contribution in [2.75, 3.05) is 13.7 Å². The first-order valence-corrected chi connectivity index (χ1v) is 6.57. The predicted octanol–water partition coefficient (Wildman–Crippen LogP) is 1.05. The van der Waals surface area contributed by atoms with Gasteiger partial charge in [-0.15, -0.1) is 0 Å². The van der Waals surface area contributed by atoms with Gasteiger partial charge in [0.25, 0.3) is 5.91 Å². The summed E-state index contributed by atoms with van der Waals surface area (Å²) in [6.45, 7) is 0.603. The van der Waals surface area contributed by atoms with Crippen LogP contribution in [0.1, 0.15) is 35.5 Å². The average Bonchev–Trinajstić information content (AvgIpc) is 3.04. The lowest BCUT2D eigenvalue weighted by molar-refractivity contribution is -0.142. The number of nitrogens with zero attached hydrogens (tertiary/aromatic N) is 1. The summed E-state index contributed by atoms with van der Waals surface area (Å²) in [6.07, 6.45) is 2.39. The Hall–Kier alpha value is -1.89. The van der Waals surface area contributed by atoms with Crippen LogP contribution in [-0.2, 0) is 16.1 Å². The van der Waals surface area contributed by atoms with Crippen molar-refractivity contribution < 1.29 is 24.0 Å². The van der Waals surface area contributed by atoms with Crippen molar-refractivity contribution in [2.24, 2.45) is 11.8 Å². The van der Waals surface area contributed by atoms with E-state index < -0.39 is 5.97 Å². The Bertz CT molecular complexity index is 485. The summed E-state index contributed by atoms with van der Waals surface area (Å²) < 4.78 is 9.80. The monoisotopic (exact) mass is 282 g/mol. The number of aliphatic carboxylic acids is 1. The zero-order chi connectivity index (χ0) is 14.5. The normalized spacial score (nSPS) is 21.9. The van der Waals surface area contributed by atoms with E-state index in [-0.39, 0.29) is 30.0 Å². The molecule has 110 valence electrons. The van der Waals surface area contributed by atoms with Gasteiger partial charge in [0.15, 0.2) is 11.5 Å². The quantitative estimate of drug-likeness (QED) is 0.808. The molecule has 0 aromatic carbocycles. The molecule has 0 aliphatic heterocycles. The maximum Gasteiger partial charge on any atom is 0.306 e. The van der Waals surface area contributed by atoms with Crippen molar-refractivity contribution in [2.45, 2.75) is 25.9 Å². The Balaban J connectivity index is 1.86. The second-order valence-electron chi connectivity index (χ2n) is 4.96. The van der Waals surface area contributed by atoms with Crippen molar-refractivity contribution in [3.05, 3.63) is 17.5 Å². The first-order valence-electron chi connectivity index (χ1n) is 6.57. The van der Waals surface area contributed by atoms with Crippen LogP contribution in [-0.4, -0.2) is 35.8 Å². The largest absolute Gasteiger partial charge is 0.481 e. The molecule has 0 saturated heterocycles. The Morgan fingerprint density at radius 3 is 3.05 bits per heavy atom. The number of hydrogen-bond donors (Lipinski definition) is 2. The van der Waals surface area contributed by atoms with E-state index in [1.54, 1.807) is 0 Å². The van der Waals surface area contributed by atoms with Crippen LogP contribution in [0.4, 0.5) is 0 Å². The molecular formula is C13H18N2O5. The molecule has 7 nitrogen and oxygen atoms in total. The molecule has 2 rings (SSSR count). The molecule has 0 spiro atoms. The van der Waals surface area contributed by atoms with Crippen molar-refractivity contribution in [1.29, 1.82) is 0 Å². The molecule has 2 atom stereocenters. The molecule has 1 aromatic heterocycles. The molecule has 1 aliphatic rings. The van der Waals surface area contributed by atoms with Crippen molar-refractivity contribution >= 4 is 11.9 Å².